The van der Waals surface area contributed by atoms with Gasteiger partial charge in [0.25, 0.3) is 0 Å². The third-order valence-electron chi connectivity index (χ3n) is 3.89. The quantitative estimate of drug-likeness (QED) is 0.618. The Hall–Kier alpha value is -1.03. The summed E-state index contributed by atoms with van der Waals surface area (Å²) in [5, 5.41) is 2.03. The highest BCUT2D eigenvalue weighted by Crippen LogP contribution is 2.33. The summed E-state index contributed by atoms with van der Waals surface area (Å²) in [4.78, 5) is 5.68. The van der Waals surface area contributed by atoms with Crippen LogP contribution in [0, 0.1) is 6.92 Å². The molecule has 0 aliphatic rings. The molecule has 2 aromatic heterocycles. The first kappa shape index (κ1) is 14.9. The normalized spacial score (nSPS) is 12.1. The predicted octanol–water partition coefficient (Wildman–Crippen LogP) is 4.66. The molecule has 21 heavy (non-hydrogen) atoms. The summed E-state index contributed by atoms with van der Waals surface area (Å²) in [6, 6.07) is 8.31. The number of hydrogen-bond donors (Lipinski definition) is 0. The second kappa shape index (κ2) is 5.99. The molecule has 2 nitrogen and oxygen atoms in total. The largest absolute Gasteiger partial charge is 0.297 e. The van der Waals surface area contributed by atoms with Crippen molar-refractivity contribution in [2.75, 3.05) is 11.8 Å². The molecule has 3 rings (SSSR count). The van der Waals surface area contributed by atoms with Gasteiger partial charge in [0, 0.05) is 41.4 Å². The first-order valence-electron chi connectivity index (χ1n) is 6.78. The highest BCUT2D eigenvalue weighted by Gasteiger charge is 2.33. The van der Waals surface area contributed by atoms with Crippen LogP contribution in [0.3, 0.4) is 0 Å². The first-order valence-corrected chi connectivity index (χ1v) is 8.72. The van der Waals surface area contributed by atoms with Crippen molar-refractivity contribution in [3.05, 3.63) is 58.9 Å². The van der Waals surface area contributed by atoms with Gasteiger partial charge in [-0.15, -0.1) is 34.5 Å². The topological polar surface area (TPSA) is 17.3 Å². The van der Waals surface area contributed by atoms with Gasteiger partial charge < -0.3 is 0 Å². The Morgan fingerprint density at radius 1 is 1.24 bits per heavy atom. The number of fused-ring (bicyclic) bond motifs is 1. The van der Waals surface area contributed by atoms with Crippen molar-refractivity contribution in [3.63, 3.8) is 0 Å². The highest BCUT2D eigenvalue weighted by atomic mass is 35.5. The van der Waals surface area contributed by atoms with Gasteiger partial charge in [-0.25, -0.2) is 4.98 Å². The fourth-order valence-corrected chi connectivity index (χ4v) is 4.23. The van der Waals surface area contributed by atoms with E-state index in [0.717, 1.165) is 17.1 Å². The minimum absolute atomic E-state index is 0.279. The van der Waals surface area contributed by atoms with Crippen LogP contribution in [0.2, 0.25) is 0 Å². The summed E-state index contributed by atoms with van der Waals surface area (Å²) in [6.45, 7) is 2.11. The lowest BCUT2D eigenvalue weighted by Gasteiger charge is -2.31. The van der Waals surface area contributed by atoms with Crippen LogP contribution in [-0.2, 0) is 11.8 Å². The molecule has 0 aliphatic heterocycles. The van der Waals surface area contributed by atoms with Gasteiger partial charge in [-0.3, -0.25) is 4.40 Å². The van der Waals surface area contributed by atoms with Crippen LogP contribution < -0.4 is 0 Å². The third-order valence-corrected chi connectivity index (χ3v) is 5.68. The van der Waals surface area contributed by atoms with Crippen LogP contribution in [0.1, 0.15) is 16.8 Å². The molecule has 0 saturated carbocycles. The Morgan fingerprint density at radius 3 is 2.67 bits per heavy atom. The van der Waals surface area contributed by atoms with Crippen LogP contribution in [-0.4, -0.2) is 21.1 Å². The van der Waals surface area contributed by atoms with Gasteiger partial charge in [-0.2, -0.15) is 0 Å². The number of aromatic nitrogens is 2. The number of nitrogens with zero attached hydrogens (tertiary/aromatic N) is 2. The van der Waals surface area contributed by atoms with Crippen molar-refractivity contribution in [2.45, 2.75) is 18.8 Å². The van der Waals surface area contributed by atoms with E-state index in [1.165, 1.54) is 11.1 Å². The number of rotatable bonds is 5. The van der Waals surface area contributed by atoms with E-state index in [9.17, 15) is 0 Å². The van der Waals surface area contributed by atoms with Crippen molar-refractivity contribution in [1.82, 2.24) is 9.38 Å². The van der Waals surface area contributed by atoms with Crippen molar-refractivity contribution in [3.8, 4) is 0 Å². The van der Waals surface area contributed by atoms with Crippen LogP contribution in [0.25, 0.3) is 4.96 Å². The lowest BCUT2D eigenvalue weighted by Crippen LogP contribution is -2.34. The van der Waals surface area contributed by atoms with Gasteiger partial charge in [0.05, 0.1) is 5.69 Å². The lowest BCUT2D eigenvalue weighted by atomic mass is 9.78. The Kier molecular flexibility index (Phi) is 4.25. The van der Waals surface area contributed by atoms with E-state index in [4.69, 9.17) is 23.2 Å². The number of imidazole rings is 1. The molecule has 1 aromatic carbocycles. The Bertz CT molecular complexity index is 715. The SMILES string of the molecule is Cc1ccccc1C(CCl)(CCl)Cc1cn2ccsc2n1. The lowest BCUT2D eigenvalue weighted by molar-refractivity contribution is 0.527. The van der Waals surface area contributed by atoms with Crippen molar-refractivity contribution in [2.24, 2.45) is 0 Å². The molecule has 0 N–H and O–H groups in total. The smallest absolute Gasteiger partial charge is 0.193 e. The van der Waals surface area contributed by atoms with E-state index >= 15 is 0 Å². The Labute approximate surface area is 138 Å². The molecule has 110 valence electrons. The molecule has 5 heteroatoms. The van der Waals surface area contributed by atoms with E-state index in [0.29, 0.717) is 11.8 Å². The van der Waals surface area contributed by atoms with Gasteiger partial charge in [0.1, 0.15) is 0 Å². The highest BCUT2D eigenvalue weighted by molar-refractivity contribution is 7.15. The van der Waals surface area contributed by atoms with E-state index < -0.39 is 0 Å². The van der Waals surface area contributed by atoms with Crippen LogP contribution in [0.15, 0.2) is 42.0 Å². The number of alkyl halides is 2. The molecule has 0 fully saturated rings. The summed E-state index contributed by atoms with van der Waals surface area (Å²) in [5.41, 5.74) is 3.19. The maximum atomic E-state index is 6.34. The summed E-state index contributed by atoms with van der Waals surface area (Å²) >= 11 is 14.3. The average Bonchev–Trinajstić information content (AvgIpc) is 3.07. The number of hydrogen-bond acceptors (Lipinski definition) is 2. The van der Waals surface area contributed by atoms with Gasteiger partial charge in [-0.05, 0) is 18.1 Å². The maximum absolute atomic E-state index is 6.34. The third kappa shape index (κ3) is 2.70. The minimum Gasteiger partial charge on any atom is -0.297 e. The van der Waals surface area contributed by atoms with Crippen LogP contribution in [0.4, 0.5) is 0 Å². The molecule has 0 atom stereocenters. The molecule has 0 aliphatic carbocycles. The first-order chi connectivity index (χ1) is 10.2. The molecule has 0 amide bonds. The summed E-state index contributed by atoms with van der Waals surface area (Å²) in [7, 11) is 0. The maximum Gasteiger partial charge on any atom is 0.193 e. The number of thiazole rings is 1. The van der Waals surface area contributed by atoms with Crippen molar-refractivity contribution in [1.29, 1.82) is 0 Å². The zero-order chi connectivity index (χ0) is 14.9. The van der Waals surface area contributed by atoms with E-state index in [1.807, 2.05) is 28.1 Å². The molecular weight excluding hydrogens is 323 g/mol. The Morgan fingerprint density at radius 2 is 2.00 bits per heavy atom. The molecular formula is C16H16Cl2N2S. The second-order valence-electron chi connectivity index (χ2n) is 5.36. The van der Waals surface area contributed by atoms with Gasteiger partial charge in [0.15, 0.2) is 4.96 Å². The zero-order valence-corrected chi connectivity index (χ0v) is 14.0. The van der Waals surface area contributed by atoms with Crippen LogP contribution >= 0.6 is 34.5 Å². The zero-order valence-electron chi connectivity index (χ0n) is 11.7. The Balaban J connectivity index is 2.01. The molecule has 0 saturated heterocycles. The number of benzene rings is 1. The summed E-state index contributed by atoms with van der Waals surface area (Å²) < 4.78 is 2.05. The molecule has 2 heterocycles. The summed E-state index contributed by atoms with van der Waals surface area (Å²) in [6.07, 6.45) is 4.84. The van der Waals surface area contributed by atoms with E-state index in [-0.39, 0.29) is 5.41 Å². The molecule has 0 radical (unpaired) electrons. The van der Waals surface area contributed by atoms with Gasteiger partial charge >= 0.3 is 0 Å². The fraction of sp³-hybridized carbons (Fsp3) is 0.312. The van der Waals surface area contributed by atoms with Crippen LogP contribution in [0.5, 0.6) is 0 Å². The standard InChI is InChI=1S/C16H16Cl2N2S/c1-12-4-2-3-5-14(12)16(10-17,11-18)8-13-9-20-6-7-21-15(20)19-13/h2-7,9H,8,10-11H2,1H3. The van der Waals surface area contributed by atoms with Crippen molar-refractivity contribution < 1.29 is 0 Å². The number of aryl methyl sites for hydroxylation is 1. The summed E-state index contributed by atoms with van der Waals surface area (Å²) in [5.74, 6) is 0.957. The second-order valence-corrected chi connectivity index (χ2v) is 6.77. The van der Waals surface area contributed by atoms with Gasteiger partial charge in [-0.1, -0.05) is 24.3 Å². The van der Waals surface area contributed by atoms with Crippen molar-refractivity contribution >= 4 is 39.5 Å². The van der Waals surface area contributed by atoms with Gasteiger partial charge in [0.2, 0.25) is 0 Å². The fourth-order valence-electron chi connectivity index (χ4n) is 2.75. The minimum atomic E-state index is -0.279. The monoisotopic (exact) mass is 338 g/mol. The molecule has 0 spiro atoms. The van der Waals surface area contributed by atoms with E-state index in [2.05, 4.69) is 30.2 Å². The van der Waals surface area contributed by atoms with E-state index in [1.54, 1.807) is 11.3 Å². The molecule has 0 unspecified atom stereocenters. The number of halogens is 2. The predicted molar refractivity (Wildman–Crippen MR) is 91.1 cm³/mol. The molecule has 0 bridgehead atoms. The molecule has 3 aromatic rings. The average molecular weight is 339 g/mol.